The lowest BCUT2D eigenvalue weighted by atomic mass is 9.74. The van der Waals surface area contributed by atoms with Gasteiger partial charge in [-0.3, -0.25) is 4.79 Å². The monoisotopic (exact) mass is 458 g/mol. The molecule has 2 bridgehead atoms. The van der Waals surface area contributed by atoms with Crippen molar-refractivity contribution in [3.63, 3.8) is 0 Å². The standard InChI is InChI=1S/C24H31N3O6/c28-22(25-21-9-13-32-26-21)15-27-10-6-17(7-11-27)20(14-27)33-23(29)24(30,19-8-12-31-16-19)18-4-2-1-3-5-18/h8-9,12-13,16-18,20,30H,1-7,10-11,14-15H2/p+1/t17?,20?,24-,27?/m1/s1. The van der Waals surface area contributed by atoms with Crippen molar-refractivity contribution in [2.24, 2.45) is 11.8 Å². The number of aliphatic hydroxyl groups is 1. The smallest absolute Gasteiger partial charge is 0.343 e. The second-order valence-electron chi connectivity index (χ2n) is 9.96. The van der Waals surface area contributed by atoms with Gasteiger partial charge in [-0.15, -0.1) is 0 Å². The quantitative estimate of drug-likeness (QED) is 0.484. The van der Waals surface area contributed by atoms with Gasteiger partial charge < -0.3 is 28.6 Å². The highest BCUT2D eigenvalue weighted by atomic mass is 16.6. The highest BCUT2D eigenvalue weighted by Crippen LogP contribution is 2.42. The van der Waals surface area contributed by atoms with E-state index in [1.165, 1.54) is 18.8 Å². The molecular formula is C24H32N3O6+. The zero-order valence-corrected chi connectivity index (χ0v) is 18.8. The third kappa shape index (κ3) is 4.31. The summed E-state index contributed by atoms with van der Waals surface area (Å²) in [5.74, 6) is -0.252. The Kier molecular flexibility index (Phi) is 6.01. The van der Waals surface area contributed by atoms with Crippen LogP contribution < -0.4 is 5.32 Å². The van der Waals surface area contributed by atoms with Gasteiger partial charge in [-0.25, -0.2) is 4.79 Å². The summed E-state index contributed by atoms with van der Waals surface area (Å²) in [6.07, 6.45) is 10.5. The van der Waals surface area contributed by atoms with Crippen LogP contribution in [0.4, 0.5) is 5.82 Å². The average molecular weight is 459 g/mol. The van der Waals surface area contributed by atoms with Gasteiger partial charge in [-0.2, -0.15) is 0 Å². The molecule has 2 N–H and O–H groups in total. The summed E-state index contributed by atoms with van der Waals surface area (Å²) in [6.45, 7) is 2.62. The van der Waals surface area contributed by atoms with Gasteiger partial charge in [0, 0.05) is 36.3 Å². The van der Waals surface area contributed by atoms with Crippen molar-refractivity contribution in [2.75, 3.05) is 31.5 Å². The van der Waals surface area contributed by atoms with E-state index in [1.807, 2.05) is 0 Å². The molecule has 9 heteroatoms. The summed E-state index contributed by atoms with van der Waals surface area (Å²) in [5, 5.41) is 18.2. The van der Waals surface area contributed by atoms with E-state index in [4.69, 9.17) is 13.7 Å². The SMILES string of the molecule is O=C(C[N+]12CCC(CC1)C(OC(=O)[C@](O)(c1ccoc1)C1CCCCC1)C2)Nc1ccon1. The van der Waals surface area contributed by atoms with E-state index in [0.29, 0.717) is 29.0 Å². The minimum absolute atomic E-state index is 0.133. The molecule has 6 rings (SSSR count). The first-order valence-electron chi connectivity index (χ1n) is 12.0. The van der Waals surface area contributed by atoms with Crippen molar-refractivity contribution in [1.29, 1.82) is 0 Å². The van der Waals surface area contributed by atoms with Crippen molar-refractivity contribution in [1.82, 2.24) is 5.16 Å². The maximum absolute atomic E-state index is 13.5. The van der Waals surface area contributed by atoms with Crippen molar-refractivity contribution in [2.45, 2.75) is 56.7 Å². The number of hydrogen-bond acceptors (Lipinski definition) is 7. The maximum atomic E-state index is 13.5. The summed E-state index contributed by atoms with van der Waals surface area (Å²) in [5.41, 5.74) is -1.23. The Morgan fingerprint density at radius 3 is 2.61 bits per heavy atom. The molecule has 0 radical (unpaired) electrons. The Morgan fingerprint density at radius 2 is 1.94 bits per heavy atom. The molecule has 1 saturated carbocycles. The van der Waals surface area contributed by atoms with Gasteiger partial charge in [0.1, 0.15) is 12.8 Å². The van der Waals surface area contributed by atoms with E-state index in [1.54, 1.807) is 12.1 Å². The van der Waals surface area contributed by atoms with Crippen LogP contribution in [0.5, 0.6) is 0 Å². The maximum Gasteiger partial charge on any atom is 0.343 e. The zero-order valence-electron chi connectivity index (χ0n) is 18.8. The molecule has 9 nitrogen and oxygen atoms in total. The van der Waals surface area contributed by atoms with Crippen LogP contribution >= 0.6 is 0 Å². The number of ether oxygens (including phenoxy) is 1. The first kappa shape index (κ1) is 22.2. The second-order valence-corrected chi connectivity index (χ2v) is 9.96. The van der Waals surface area contributed by atoms with Gasteiger partial charge in [0.05, 0.1) is 25.6 Å². The van der Waals surface area contributed by atoms with Crippen molar-refractivity contribution in [3.05, 3.63) is 36.5 Å². The molecule has 2 aromatic heterocycles. The molecular weight excluding hydrogens is 426 g/mol. The third-order valence-electron chi connectivity index (χ3n) is 7.95. The highest BCUT2D eigenvalue weighted by molar-refractivity contribution is 5.90. The van der Waals surface area contributed by atoms with Gasteiger partial charge in [-0.1, -0.05) is 24.4 Å². The van der Waals surface area contributed by atoms with Crippen LogP contribution in [0.1, 0.15) is 50.5 Å². The first-order valence-corrected chi connectivity index (χ1v) is 12.0. The molecule has 2 aromatic rings. The molecule has 1 unspecified atom stereocenters. The minimum Gasteiger partial charge on any atom is -0.472 e. The fourth-order valence-electron chi connectivity index (χ4n) is 6.09. The number of hydrogen-bond donors (Lipinski definition) is 2. The molecule has 4 fully saturated rings. The van der Waals surface area contributed by atoms with Crippen molar-refractivity contribution in [3.8, 4) is 0 Å². The Hall–Kier alpha value is -2.65. The van der Waals surface area contributed by atoms with Gasteiger partial charge in [0.25, 0.3) is 5.91 Å². The van der Waals surface area contributed by atoms with Crippen LogP contribution in [-0.4, -0.2) is 58.9 Å². The van der Waals surface area contributed by atoms with E-state index in [-0.39, 0.29) is 23.8 Å². The number of nitrogens with one attached hydrogen (secondary N) is 1. The fourth-order valence-corrected chi connectivity index (χ4v) is 6.09. The van der Waals surface area contributed by atoms with Gasteiger partial charge in [0.15, 0.2) is 24.1 Å². The predicted molar refractivity (Wildman–Crippen MR) is 117 cm³/mol. The molecule has 1 aliphatic carbocycles. The molecule has 3 saturated heterocycles. The summed E-state index contributed by atoms with van der Waals surface area (Å²) in [4.78, 5) is 26.2. The van der Waals surface area contributed by atoms with Gasteiger partial charge >= 0.3 is 5.97 Å². The number of carbonyl (C=O) groups excluding carboxylic acids is 2. The van der Waals surface area contributed by atoms with E-state index < -0.39 is 11.6 Å². The number of rotatable bonds is 7. The Balaban J connectivity index is 1.29. The van der Waals surface area contributed by atoms with E-state index in [0.717, 1.165) is 58.0 Å². The molecule has 1 amide bonds. The average Bonchev–Trinajstić information content (AvgIpc) is 3.54. The highest BCUT2D eigenvalue weighted by Gasteiger charge is 2.53. The van der Waals surface area contributed by atoms with Crippen molar-refractivity contribution < 1.29 is 32.9 Å². The summed E-state index contributed by atoms with van der Waals surface area (Å²) in [7, 11) is 0. The molecule has 3 aliphatic heterocycles. The zero-order chi connectivity index (χ0) is 22.9. The number of quaternary nitrogens is 1. The van der Waals surface area contributed by atoms with E-state index >= 15 is 0 Å². The van der Waals surface area contributed by atoms with E-state index in [2.05, 4.69) is 10.5 Å². The summed E-state index contributed by atoms with van der Waals surface area (Å²) >= 11 is 0. The number of piperidine rings is 3. The summed E-state index contributed by atoms with van der Waals surface area (Å²) < 4.78 is 16.6. The third-order valence-corrected chi connectivity index (χ3v) is 7.95. The lowest BCUT2D eigenvalue weighted by Crippen LogP contribution is -2.66. The number of furan rings is 1. The molecule has 33 heavy (non-hydrogen) atoms. The van der Waals surface area contributed by atoms with Crippen LogP contribution in [-0.2, 0) is 19.9 Å². The van der Waals surface area contributed by atoms with E-state index in [9.17, 15) is 14.7 Å². The number of anilines is 1. The van der Waals surface area contributed by atoms with Crippen LogP contribution in [0.2, 0.25) is 0 Å². The predicted octanol–water partition coefficient (Wildman–Crippen LogP) is 2.83. The number of amides is 1. The molecule has 0 spiro atoms. The number of carbonyl (C=O) groups is 2. The van der Waals surface area contributed by atoms with Crippen LogP contribution in [0.3, 0.4) is 0 Å². The fraction of sp³-hybridized carbons (Fsp3) is 0.625. The molecule has 4 aliphatic rings. The van der Waals surface area contributed by atoms with Gasteiger partial charge in [0.2, 0.25) is 0 Å². The largest absolute Gasteiger partial charge is 0.472 e. The Bertz CT molecular complexity index is 945. The molecule has 5 heterocycles. The Labute approximate surface area is 192 Å². The Morgan fingerprint density at radius 1 is 1.15 bits per heavy atom. The molecule has 178 valence electrons. The number of nitrogens with zero attached hydrogens (tertiary/aromatic N) is 2. The number of esters is 1. The topological polar surface area (TPSA) is 115 Å². The molecule has 0 aromatic carbocycles. The molecule has 2 atom stereocenters. The van der Waals surface area contributed by atoms with Gasteiger partial charge in [-0.05, 0) is 18.9 Å². The van der Waals surface area contributed by atoms with Crippen molar-refractivity contribution >= 4 is 17.7 Å². The normalized spacial score (nSPS) is 29.4. The lowest BCUT2D eigenvalue weighted by molar-refractivity contribution is -0.939. The minimum atomic E-state index is -1.70. The lowest BCUT2D eigenvalue weighted by Gasteiger charge is -2.52. The number of aromatic nitrogens is 1. The van der Waals surface area contributed by atoms with Crippen LogP contribution in [0, 0.1) is 11.8 Å². The summed E-state index contributed by atoms with van der Waals surface area (Å²) in [6, 6.07) is 3.27. The second kappa shape index (κ2) is 8.95. The number of fused-ring (bicyclic) bond motifs is 3. The van der Waals surface area contributed by atoms with Crippen LogP contribution in [0.25, 0.3) is 0 Å². The van der Waals surface area contributed by atoms with Crippen LogP contribution in [0.15, 0.2) is 39.9 Å². The first-order chi connectivity index (χ1) is 16.0.